The van der Waals surface area contributed by atoms with E-state index in [2.05, 4.69) is 15.0 Å². The molecule has 4 heterocycles. The van der Waals surface area contributed by atoms with Crippen molar-refractivity contribution in [3.05, 3.63) is 53.1 Å². The van der Waals surface area contributed by atoms with E-state index in [1.807, 2.05) is 55.5 Å². The van der Waals surface area contributed by atoms with Crippen molar-refractivity contribution < 1.29 is 14.3 Å². The van der Waals surface area contributed by atoms with Crippen molar-refractivity contribution in [3.63, 3.8) is 0 Å². The van der Waals surface area contributed by atoms with Gasteiger partial charge in [0, 0.05) is 42.4 Å². The SMILES string of the molecule is CCC(=O)N1CCC[C@@H](n2nc(-c3ccc(OCc4ncc(C)c(OC)c4C)c(C)c3)c3c(N)ncnc32)C1. The minimum atomic E-state index is 0.0192. The molecule has 1 atom stereocenters. The third-order valence-electron chi connectivity index (χ3n) is 7.48. The first-order valence-electron chi connectivity index (χ1n) is 13.3. The number of ether oxygens (including phenoxy) is 2. The van der Waals surface area contributed by atoms with Gasteiger partial charge < -0.3 is 20.1 Å². The summed E-state index contributed by atoms with van der Waals surface area (Å²) >= 11 is 0. The number of hydrogen-bond acceptors (Lipinski definition) is 8. The van der Waals surface area contributed by atoms with Crippen LogP contribution in [0.15, 0.2) is 30.7 Å². The lowest BCUT2D eigenvalue weighted by Gasteiger charge is -2.32. The van der Waals surface area contributed by atoms with Gasteiger partial charge in [-0.15, -0.1) is 0 Å². The minimum absolute atomic E-state index is 0.0192. The lowest BCUT2D eigenvalue weighted by molar-refractivity contribution is -0.132. The van der Waals surface area contributed by atoms with E-state index >= 15 is 0 Å². The monoisotopic (exact) mass is 529 g/mol. The van der Waals surface area contributed by atoms with Gasteiger partial charge in [-0.25, -0.2) is 14.6 Å². The maximum Gasteiger partial charge on any atom is 0.222 e. The number of likely N-dealkylation sites (tertiary alicyclic amines) is 1. The van der Waals surface area contributed by atoms with Crippen molar-refractivity contribution >= 4 is 22.8 Å². The average Bonchev–Trinajstić information content (AvgIpc) is 3.34. The Kier molecular flexibility index (Phi) is 7.36. The van der Waals surface area contributed by atoms with Gasteiger partial charge in [-0.2, -0.15) is 5.10 Å². The Labute approximate surface area is 228 Å². The summed E-state index contributed by atoms with van der Waals surface area (Å²) in [7, 11) is 1.67. The largest absolute Gasteiger partial charge is 0.496 e. The Morgan fingerprint density at radius 2 is 1.97 bits per heavy atom. The number of carbonyl (C=O) groups excluding carboxylic acids is 1. The van der Waals surface area contributed by atoms with E-state index in [9.17, 15) is 4.79 Å². The predicted molar refractivity (Wildman–Crippen MR) is 150 cm³/mol. The summed E-state index contributed by atoms with van der Waals surface area (Å²) in [6.07, 6.45) is 5.60. The molecule has 0 bridgehead atoms. The summed E-state index contributed by atoms with van der Waals surface area (Å²) in [6.45, 7) is 9.58. The first kappa shape index (κ1) is 26.4. The first-order chi connectivity index (χ1) is 18.8. The van der Waals surface area contributed by atoms with E-state index in [0.717, 1.165) is 69.9 Å². The summed E-state index contributed by atoms with van der Waals surface area (Å²) in [4.78, 5) is 27.6. The fourth-order valence-corrected chi connectivity index (χ4v) is 5.38. The molecule has 1 aliphatic heterocycles. The highest BCUT2D eigenvalue weighted by Crippen LogP contribution is 2.35. The molecule has 4 aromatic rings. The van der Waals surface area contributed by atoms with E-state index in [4.69, 9.17) is 20.3 Å². The van der Waals surface area contributed by atoms with Gasteiger partial charge in [-0.3, -0.25) is 9.78 Å². The number of nitrogens with zero attached hydrogens (tertiary/aromatic N) is 6. The van der Waals surface area contributed by atoms with Crippen LogP contribution in [0.4, 0.5) is 5.82 Å². The number of methoxy groups -OCH3 is 1. The van der Waals surface area contributed by atoms with Crippen LogP contribution in [-0.2, 0) is 11.4 Å². The molecule has 0 spiro atoms. The summed E-state index contributed by atoms with van der Waals surface area (Å²) in [5.41, 5.74) is 12.4. The zero-order valence-corrected chi connectivity index (χ0v) is 23.2. The molecule has 1 saturated heterocycles. The molecule has 5 rings (SSSR count). The molecule has 0 saturated carbocycles. The van der Waals surface area contributed by atoms with Crippen LogP contribution in [0.2, 0.25) is 0 Å². The highest BCUT2D eigenvalue weighted by atomic mass is 16.5. The smallest absolute Gasteiger partial charge is 0.222 e. The summed E-state index contributed by atoms with van der Waals surface area (Å²) in [5, 5.41) is 5.72. The number of hydrogen-bond donors (Lipinski definition) is 1. The number of anilines is 1. The lowest BCUT2D eigenvalue weighted by Crippen LogP contribution is -2.40. The number of nitrogen functional groups attached to an aromatic ring is 1. The second-order valence-corrected chi connectivity index (χ2v) is 10.1. The van der Waals surface area contributed by atoms with Crippen LogP contribution in [-0.4, -0.2) is 55.7 Å². The highest BCUT2D eigenvalue weighted by Gasteiger charge is 2.28. The second-order valence-electron chi connectivity index (χ2n) is 10.1. The van der Waals surface area contributed by atoms with Crippen molar-refractivity contribution in [2.45, 2.75) is 59.6 Å². The fraction of sp³-hybridized carbons (Fsp3) is 0.414. The highest BCUT2D eigenvalue weighted by molar-refractivity contribution is 5.98. The van der Waals surface area contributed by atoms with E-state index < -0.39 is 0 Å². The molecule has 39 heavy (non-hydrogen) atoms. The third kappa shape index (κ3) is 4.98. The number of piperidine rings is 1. The van der Waals surface area contributed by atoms with Crippen LogP contribution in [0.3, 0.4) is 0 Å². The van der Waals surface area contributed by atoms with Crippen molar-refractivity contribution in [2.24, 2.45) is 0 Å². The number of nitrogens with two attached hydrogens (primary N) is 1. The van der Waals surface area contributed by atoms with Crippen molar-refractivity contribution in [1.82, 2.24) is 29.6 Å². The number of aromatic nitrogens is 5. The zero-order chi connectivity index (χ0) is 27.7. The molecule has 3 aromatic heterocycles. The normalized spacial score (nSPS) is 15.5. The standard InChI is InChI=1S/C29H35N7O3/c1-6-24(37)35-11-7-8-21(14-35)36-29-25(28(30)32-16-33-29)26(34-36)20-9-10-23(17(2)12-20)39-15-22-19(4)27(38-5)18(3)13-31-22/h9-10,12-13,16,21H,6-8,11,14-15H2,1-5H3,(H2,30,32,33)/t21-/m1/s1. The van der Waals surface area contributed by atoms with Crippen molar-refractivity contribution in [1.29, 1.82) is 0 Å². The molecule has 204 valence electrons. The molecule has 2 N–H and O–H groups in total. The van der Waals surface area contributed by atoms with E-state index in [0.29, 0.717) is 31.0 Å². The molecule has 0 aliphatic carbocycles. The first-order valence-corrected chi connectivity index (χ1v) is 13.3. The molecule has 10 nitrogen and oxygen atoms in total. The van der Waals surface area contributed by atoms with Gasteiger partial charge in [0.1, 0.15) is 35.9 Å². The predicted octanol–water partition coefficient (Wildman–Crippen LogP) is 4.56. The Hall–Kier alpha value is -4.21. The fourth-order valence-electron chi connectivity index (χ4n) is 5.38. The number of aryl methyl sites for hydroxylation is 2. The van der Waals surface area contributed by atoms with Gasteiger partial charge in [0.25, 0.3) is 0 Å². The van der Waals surface area contributed by atoms with Gasteiger partial charge in [0.2, 0.25) is 5.91 Å². The third-order valence-corrected chi connectivity index (χ3v) is 7.48. The Morgan fingerprint density at radius 3 is 2.72 bits per heavy atom. The molecular formula is C29H35N7O3. The molecule has 1 aromatic carbocycles. The number of rotatable bonds is 7. The van der Waals surface area contributed by atoms with Gasteiger partial charge in [0.05, 0.1) is 24.2 Å². The molecule has 1 fully saturated rings. The van der Waals surface area contributed by atoms with Crippen LogP contribution in [0.25, 0.3) is 22.3 Å². The number of amides is 1. The van der Waals surface area contributed by atoms with Gasteiger partial charge in [0.15, 0.2) is 5.65 Å². The number of benzene rings is 1. The Morgan fingerprint density at radius 1 is 1.15 bits per heavy atom. The summed E-state index contributed by atoms with van der Waals surface area (Å²) < 4.78 is 13.6. The van der Waals surface area contributed by atoms with Crippen LogP contribution in [0.5, 0.6) is 11.5 Å². The molecule has 1 amide bonds. The Bertz CT molecular complexity index is 1530. The van der Waals surface area contributed by atoms with Gasteiger partial charge in [-0.05, 0) is 57.4 Å². The maximum absolute atomic E-state index is 12.4. The van der Waals surface area contributed by atoms with Crippen LogP contribution in [0.1, 0.15) is 54.6 Å². The van der Waals surface area contributed by atoms with Crippen LogP contribution >= 0.6 is 0 Å². The average molecular weight is 530 g/mol. The summed E-state index contributed by atoms with van der Waals surface area (Å²) in [5.74, 6) is 2.13. The second kappa shape index (κ2) is 10.9. The number of carbonyl (C=O) groups is 1. The molecule has 0 radical (unpaired) electrons. The van der Waals surface area contributed by atoms with E-state index in [1.165, 1.54) is 6.33 Å². The van der Waals surface area contributed by atoms with Gasteiger partial charge in [-0.1, -0.05) is 6.92 Å². The molecular weight excluding hydrogens is 494 g/mol. The Balaban J connectivity index is 1.45. The molecule has 10 heteroatoms. The van der Waals surface area contributed by atoms with Crippen LogP contribution < -0.4 is 15.2 Å². The topological polar surface area (TPSA) is 121 Å². The van der Waals surface area contributed by atoms with Gasteiger partial charge >= 0.3 is 0 Å². The molecule has 1 aliphatic rings. The number of fused-ring (bicyclic) bond motifs is 1. The van der Waals surface area contributed by atoms with E-state index in [1.54, 1.807) is 13.3 Å². The lowest BCUT2D eigenvalue weighted by atomic mass is 10.1. The quantitative estimate of drug-likeness (QED) is 0.370. The van der Waals surface area contributed by atoms with E-state index in [-0.39, 0.29) is 11.9 Å². The maximum atomic E-state index is 12.4. The zero-order valence-electron chi connectivity index (χ0n) is 23.2. The number of pyridine rings is 1. The van der Waals surface area contributed by atoms with Crippen LogP contribution in [0, 0.1) is 20.8 Å². The molecule has 0 unspecified atom stereocenters. The van der Waals surface area contributed by atoms with Crippen molar-refractivity contribution in [2.75, 3.05) is 25.9 Å². The van der Waals surface area contributed by atoms with Crippen molar-refractivity contribution in [3.8, 4) is 22.8 Å². The minimum Gasteiger partial charge on any atom is -0.496 e. The summed E-state index contributed by atoms with van der Waals surface area (Å²) in [6, 6.07) is 5.98.